The number of carbonyl (C=O) groups is 2. The van der Waals surface area contributed by atoms with Gasteiger partial charge in [0.1, 0.15) is 0 Å². The van der Waals surface area contributed by atoms with E-state index in [1.54, 1.807) is 0 Å². The van der Waals surface area contributed by atoms with E-state index < -0.39 is 0 Å². The number of thioether (sulfide) groups is 1. The van der Waals surface area contributed by atoms with Crippen LogP contribution in [-0.4, -0.2) is 29.1 Å². The zero-order valence-electron chi connectivity index (χ0n) is 12.5. The fourth-order valence-electron chi connectivity index (χ4n) is 2.21. The molecule has 5 nitrogen and oxygen atoms in total. The molecule has 114 valence electrons. The van der Waals surface area contributed by atoms with E-state index in [-0.39, 0.29) is 23.4 Å². The molecule has 1 saturated heterocycles. The molecule has 0 aliphatic carbocycles. The van der Waals surface area contributed by atoms with Crippen LogP contribution in [-0.2, 0) is 4.79 Å². The number of nitrogens with one attached hydrogen (secondary N) is 3. The van der Waals surface area contributed by atoms with Gasteiger partial charge in [-0.3, -0.25) is 4.79 Å². The van der Waals surface area contributed by atoms with Gasteiger partial charge in [0.25, 0.3) is 0 Å². The number of hydrogen-bond acceptors (Lipinski definition) is 3. The van der Waals surface area contributed by atoms with Crippen LogP contribution in [0.1, 0.15) is 24.5 Å². The molecule has 1 aliphatic heterocycles. The van der Waals surface area contributed by atoms with Gasteiger partial charge in [0.05, 0.1) is 11.1 Å². The normalized spacial score (nSPS) is 21.4. The second-order valence-corrected chi connectivity index (χ2v) is 6.54. The number of benzene rings is 1. The molecule has 2 rings (SSSR count). The molecule has 1 aromatic rings. The largest absolute Gasteiger partial charge is 0.336 e. The Morgan fingerprint density at radius 2 is 2.14 bits per heavy atom. The maximum absolute atomic E-state index is 12.0. The van der Waals surface area contributed by atoms with E-state index in [0.717, 1.165) is 23.2 Å². The molecule has 2 atom stereocenters. The Balaban J connectivity index is 1.85. The highest BCUT2D eigenvalue weighted by molar-refractivity contribution is 8.00. The van der Waals surface area contributed by atoms with Crippen molar-refractivity contribution in [2.75, 3.05) is 11.1 Å². The fraction of sp³-hybridized carbons (Fsp3) is 0.467. The first kappa shape index (κ1) is 15.7. The summed E-state index contributed by atoms with van der Waals surface area (Å²) < 4.78 is 0. The molecule has 1 heterocycles. The summed E-state index contributed by atoms with van der Waals surface area (Å²) >= 11 is 1.46. The highest BCUT2D eigenvalue weighted by Gasteiger charge is 2.23. The summed E-state index contributed by atoms with van der Waals surface area (Å²) in [5.74, 6) is 0.277. The molecule has 0 radical (unpaired) electrons. The fourth-order valence-corrected chi connectivity index (χ4v) is 3.25. The lowest BCUT2D eigenvalue weighted by Gasteiger charge is -2.28. The van der Waals surface area contributed by atoms with Crippen LogP contribution in [0.25, 0.3) is 0 Å². The van der Waals surface area contributed by atoms with Crippen molar-refractivity contribution in [1.29, 1.82) is 0 Å². The lowest BCUT2D eigenvalue weighted by Crippen LogP contribution is -2.52. The van der Waals surface area contributed by atoms with Gasteiger partial charge in [0, 0.05) is 11.7 Å². The smallest absolute Gasteiger partial charge is 0.315 e. The van der Waals surface area contributed by atoms with Crippen LogP contribution in [0.15, 0.2) is 18.2 Å². The first-order valence-electron chi connectivity index (χ1n) is 7.00. The monoisotopic (exact) mass is 307 g/mol. The molecule has 6 heteroatoms. The van der Waals surface area contributed by atoms with Crippen LogP contribution in [0, 0.1) is 13.8 Å². The molecule has 1 aromatic carbocycles. The summed E-state index contributed by atoms with van der Waals surface area (Å²) in [6.45, 7) is 5.97. The maximum atomic E-state index is 12.0. The van der Waals surface area contributed by atoms with Gasteiger partial charge < -0.3 is 16.0 Å². The topological polar surface area (TPSA) is 70.2 Å². The first-order valence-corrected chi connectivity index (χ1v) is 8.05. The number of hydrogen-bond donors (Lipinski definition) is 3. The van der Waals surface area contributed by atoms with Crippen molar-refractivity contribution in [1.82, 2.24) is 10.6 Å². The van der Waals surface area contributed by atoms with E-state index >= 15 is 0 Å². The average Bonchev–Trinajstić information content (AvgIpc) is 2.41. The summed E-state index contributed by atoms with van der Waals surface area (Å²) in [4.78, 5) is 23.4. The summed E-state index contributed by atoms with van der Waals surface area (Å²) in [6.07, 6.45) is 0.813. The Bertz CT molecular complexity index is 548. The van der Waals surface area contributed by atoms with E-state index in [1.165, 1.54) is 11.8 Å². The molecule has 1 aliphatic rings. The molecule has 2 unspecified atom stereocenters. The van der Waals surface area contributed by atoms with Crippen molar-refractivity contribution in [3.8, 4) is 0 Å². The number of rotatable bonds is 4. The van der Waals surface area contributed by atoms with Crippen LogP contribution in [0.5, 0.6) is 0 Å². The molecule has 21 heavy (non-hydrogen) atoms. The summed E-state index contributed by atoms with van der Waals surface area (Å²) in [5.41, 5.74) is 3.09. The summed E-state index contributed by atoms with van der Waals surface area (Å²) in [7, 11) is 0. The number of anilines is 1. The molecular weight excluding hydrogens is 286 g/mol. The maximum Gasteiger partial charge on any atom is 0.315 e. The average molecular weight is 307 g/mol. The highest BCUT2D eigenvalue weighted by atomic mass is 32.2. The van der Waals surface area contributed by atoms with Crippen molar-refractivity contribution in [3.05, 3.63) is 29.3 Å². The standard InChI is InChI=1S/C15H21N3O2S/c1-9-5-4-6-12(11(9)3)17-13(19)8-21-14-7-10(2)16-15(20)18-14/h4-6,10,14H,7-8H2,1-3H3,(H,17,19)(H2,16,18,20). The molecule has 0 spiro atoms. The molecular formula is C15H21N3O2S. The third kappa shape index (κ3) is 4.39. The predicted molar refractivity (Wildman–Crippen MR) is 86.5 cm³/mol. The second kappa shape index (κ2) is 6.85. The molecule has 1 fully saturated rings. The third-order valence-corrected chi connectivity index (χ3v) is 4.67. The van der Waals surface area contributed by atoms with Crippen molar-refractivity contribution >= 4 is 29.4 Å². The van der Waals surface area contributed by atoms with Crippen molar-refractivity contribution in [3.63, 3.8) is 0 Å². The van der Waals surface area contributed by atoms with Crippen molar-refractivity contribution in [2.24, 2.45) is 0 Å². The van der Waals surface area contributed by atoms with Gasteiger partial charge in [-0.25, -0.2) is 4.79 Å². The highest BCUT2D eigenvalue weighted by Crippen LogP contribution is 2.20. The van der Waals surface area contributed by atoms with Crippen LogP contribution in [0.4, 0.5) is 10.5 Å². The minimum atomic E-state index is -0.166. The van der Waals surface area contributed by atoms with Crippen molar-refractivity contribution < 1.29 is 9.59 Å². The SMILES string of the molecule is Cc1cccc(NC(=O)CSC2CC(C)NC(=O)N2)c1C. The number of amides is 3. The van der Waals surface area contributed by atoms with Crippen LogP contribution < -0.4 is 16.0 Å². The molecule has 3 amide bonds. The first-order chi connectivity index (χ1) is 9.95. The lowest BCUT2D eigenvalue weighted by molar-refractivity contribution is -0.113. The Morgan fingerprint density at radius 1 is 1.38 bits per heavy atom. The van der Waals surface area contributed by atoms with Gasteiger partial charge in [-0.15, -0.1) is 11.8 Å². The zero-order chi connectivity index (χ0) is 15.4. The molecule has 0 bridgehead atoms. The number of carbonyl (C=O) groups excluding carboxylic acids is 2. The van der Waals surface area contributed by atoms with E-state index in [1.807, 2.05) is 39.0 Å². The Hall–Kier alpha value is -1.69. The van der Waals surface area contributed by atoms with Gasteiger partial charge in [-0.2, -0.15) is 0 Å². The van der Waals surface area contributed by atoms with Gasteiger partial charge in [0.2, 0.25) is 5.91 Å². The molecule has 3 N–H and O–H groups in total. The van der Waals surface area contributed by atoms with Crippen LogP contribution in [0.3, 0.4) is 0 Å². The Morgan fingerprint density at radius 3 is 2.86 bits per heavy atom. The van der Waals surface area contributed by atoms with E-state index in [9.17, 15) is 9.59 Å². The Kier molecular flexibility index (Phi) is 5.12. The van der Waals surface area contributed by atoms with Gasteiger partial charge >= 0.3 is 6.03 Å². The molecule has 0 aromatic heterocycles. The second-order valence-electron chi connectivity index (χ2n) is 5.35. The predicted octanol–water partition coefficient (Wildman–Crippen LogP) is 2.39. The van der Waals surface area contributed by atoms with E-state index in [4.69, 9.17) is 0 Å². The van der Waals surface area contributed by atoms with Gasteiger partial charge in [0.15, 0.2) is 0 Å². The number of aryl methyl sites for hydroxylation is 1. The van der Waals surface area contributed by atoms with E-state index in [2.05, 4.69) is 16.0 Å². The van der Waals surface area contributed by atoms with Gasteiger partial charge in [-0.1, -0.05) is 12.1 Å². The van der Waals surface area contributed by atoms with Crippen LogP contribution >= 0.6 is 11.8 Å². The minimum absolute atomic E-state index is 0.0156. The summed E-state index contributed by atoms with van der Waals surface area (Å²) in [6, 6.07) is 5.82. The molecule has 0 saturated carbocycles. The third-order valence-electron chi connectivity index (χ3n) is 3.53. The number of urea groups is 1. The summed E-state index contributed by atoms with van der Waals surface area (Å²) in [5, 5.41) is 8.52. The quantitative estimate of drug-likeness (QED) is 0.800. The lowest BCUT2D eigenvalue weighted by atomic mass is 10.1. The minimum Gasteiger partial charge on any atom is -0.336 e. The van der Waals surface area contributed by atoms with Gasteiger partial charge in [-0.05, 0) is 44.4 Å². The zero-order valence-corrected chi connectivity index (χ0v) is 13.3. The van der Waals surface area contributed by atoms with E-state index in [0.29, 0.717) is 5.75 Å². The Labute approximate surface area is 129 Å². The van der Waals surface area contributed by atoms with Crippen LogP contribution in [0.2, 0.25) is 0 Å². The van der Waals surface area contributed by atoms with Crippen molar-refractivity contribution in [2.45, 2.75) is 38.6 Å².